The molecule has 14 nitrogen and oxygen atoms in total. The Balaban J connectivity index is 1.54. The van der Waals surface area contributed by atoms with E-state index in [1.54, 1.807) is 0 Å². The molecule has 0 spiro atoms. The largest absolute Gasteiger partial charge is 0.481 e. The molecule has 6 unspecified atom stereocenters. The van der Waals surface area contributed by atoms with E-state index < -0.39 is 83.5 Å². The molecular formula is C45H68O14. The summed E-state index contributed by atoms with van der Waals surface area (Å²) < 4.78 is 33.3. The van der Waals surface area contributed by atoms with Crippen molar-refractivity contribution < 1.29 is 67.4 Å². The molecule has 0 aromatic rings. The Bertz CT molecular complexity index is 1620. The number of hydrogen-bond donors (Lipinski definition) is 2. The van der Waals surface area contributed by atoms with Gasteiger partial charge in [-0.2, -0.15) is 0 Å². The van der Waals surface area contributed by atoms with Gasteiger partial charge in [0, 0.05) is 17.3 Å². The molecule has 0 radical (unpaired) electrons. The second-order valence-corrected chi connectivity index (χ2v) is 19.1. The minimum Gasteiger partial charge on any atom is -0.481 e. The molecule has 2 N–H and O–H groups in total. The van der Waals surface area contributed by atoms with Crippen LogP contribution in [0.25, 0.3) is 0 Å². The van der Waals surface area contributed by atoms with Crippen molar-refractivity contribution in [1.82, 2.24) is 0 Å². The zero-order chi connectivity index (χ0) is 44.1. The third-order valence-corrected chi connectivity index (χ3v) is 15.1. The first-order valence-corrected chi connectivity index (χ1v) is 21.0. The van der Waals surface area contributed by atoms with E-state index in [-0.39, 0.29) is 48.4 Å². The summed E-state index contributed by atoms with van der Waals surface area (Å²) in [6.07, 6.45) is 4.00. The molecule has 4 rings (SSSR count). The van der Waals surface area contributed by atoms with Crippen LogP contribution < -0.4 is 0 Å². The molecular weight excluding hydrogens is 764 g/mol. The van der Waals surface area contributed by atoms with E-state index in [1.807, 2.05) is 6.92 Å². The molecule has 4 saturated carbocycles. The van der Waals surface area contributed by atoms with Crippen LogP contribution in [-0.4, -0.2) is 99.4 Å². The first-order chi connectivity index (χ1) is 27.6. The Morgan fingerprint density at radius 1 is 0.627 bits per heavy atom. The third kappa shape index (κ3) is 10.2. The van der Waals surface area contributed by atoms with Crippen LogP contribution in [0, 0.1) is 57.2 Å². The molecule has 4 aliphatic rings. The number of fused-ring (bicyclic) bond motifs is 2. The van der Waals surface area contributed by atoms with Crippen molar-refractivity contribution >= 4 is 35.8 Å². The average Bonchev–Trinajstić information content (AvgIpc) is 3.16. The Labute approximate surface area is 349 Å². The zero-order valence-corrected chi connectivity index (χ0v) is 36.4. The minimum absolute atomic E-state index is 0.0565. The first kappa shape index (κ1) is 47.9. The van der Waals surface area contributed by atoms with Gasteiger partial charge in [0.05, 0.1) is 54.0 Å². The number of carboxylic acid groups (broad SMARTS) is 2. The lowest BCUT2D eigenvalue weighted by atomic mass is 9.47. The molecule has 4 fully saturated rings. The second kappa shape index (κ2) is 19.3. The van der Waals surface area contributed by atoms with E-state index in [0.717, 1.165) is 70.3 Å². The Hall–Kier alpha value is -3.78. The topological polar surface area (TPSA) is 198 Å². The predicted octanol–water partition coefficient (Wildman–Crippen LogP) is 6.58. The van der Waals surface area contributed by atoms with E-state index in [1.165, 1.54) is 7.11 Å². The molecule has 14 heteroatoms. The number of esters is 4. The number of aliphatic carboxylic acids is 2. The minimum atomic E-state index is -1.54. The van der Waals surface area contributed by atoms with Crippen LogP contribution >= 0.6 is 0 Å². The van der Waals surface area contributed by atoms with Gasteiger partial charge in [-0.05, 0) is 79.4 Å². The van der Waals surface area contributed by atoms with Crippen LogP contribution in [0.2, 0.25) is 0 Å². The van der Waals surface area contributed by atoms with Gasteiger partial charge in [-0.25, -0.2) is 9.59 Å². The molecule has 0 amide bonds. The van der Waals surface area contributed by atoms with Crippen LogP contribution in [0.5, 0.6) is 0 Å². The van der Waals surface area contributed by atoms with Crippen LogP contribution in [0.3, 0.4) is 0 Å². The second-order valence-electron chi connectivity index (χ2n) is 19.1. The summed E-state index contributed by atoms with van der Waals surface area (Å²) in [4.78, 5) is 76.9. The fourth-order valence-electron chi connectivity index (χ4n) is 12.0. The summed E-state index contributed by atoms with van der Waals surface area (Å²) in [5.41, 5.74) is 0.809. The van der Waals surface area contributed by atoms with Crippen LogP contribution in [0.4, 0.5) is 0 Å². The number of rotatable bonds is 18. The van der Waals surface area contributed by atoms with Crippen molar-refractivity contribution in [2.45, 2.75) is 124 Å². The van der Waals surface area contributed by atoms with Crippen LogP contribution in [0.15, 0.2) is 24.3 Å². The molecule has 0 aromatic carbocycles. The summed E-state index contributed by atoms with van der Waals surface area (Å²) in [5.74, 6) is -9.14. The van der Waals surface area contributed by atoms with Gasteiger partial charge in [0.25, 0.3) is 0 Å². The molecule has 11 atom stereocenters. The summed E-state index contributed by atoms with van der Waals surface area (Å²) in [7, 11) is 3.40. The van der Waals surface area contributed by atoms with Gasteiger partial charge < -0.3 is 38.6 Å². The number of ether oxygens (including phenoxy) is 6. The van der Waals surface area contributed by atoms with E-state index in [4.69, 9.17) is 28.4 Å². The van der Waals surface area contributed by atoms with Gasteiger partial charge in [0.1, 0.15) is 11.8 Å². The van der Waals surface area contributed by atoms with Crippen molar-refractivity contribution in [3.63, 3.8) is 0 Å². The molecule has 59 heavy (non-hydrogen) atoms. The highest BCUT2D eigenvalue weighted by Gasteiger charge is 2.57. The van der Waals surface area contributed by atoms with E-state index in [0.29, 0.717) is 25.2 Å². The number of methoxy groups -OCH3 is 3. The van der Waals surface area contributed by atoms with Gasteiger partial charge in [-0.3, -0.25) is 19.2 Å². The molecule has 4 aliphatic carbocycles. The van der Waals surface area contributed by atoms with Gasteiger partial charge in [-0.1, -0.05) is 71.8 Å². The standard InChI is InChI=1S/C45H68O14/c1-26-13-15-32-42(3,4)17-11-19-44(32,6)30(26)23-58-37(41(53)56-10)29(22-35(48)49)39(51)59-25-43(5)18-12-20-45(7)31(27(2)14-16-33(43)45)24-57-36(40(52)55-9)28(21-34(46)47)38(50)54-8/h28-33,36-37H,1-2,11-25H2,3-10H3,(H,46,47)(H,48,49)/t28?,29?,30-,31+,32?,33?,36?,37?,43+,44+,45-/m0/s1. The fourth-order valence-corrected chi connectivity index (χ4v) is 12.0. The van der Waals surface area contributed by atoms with Crippen LogP contribution in [-0.2, 0) is 57.2 Å². The number of hydrogen-bond acceptors (Lipinski definition) is 12. The molecule has 0 aliphatic heterocycles. The monoisotopic (exact) mass is 832 g/mol. The highest BCUT2D eigenvalue weighted by atomic mass is 16.6. The predicted molar refractivity (Wildman–Crippen MR) is 214 cm³/mol. The highest BCUT2D eigenvalue weighted by Crippen LogP contribution is 2.62. The van der Waals surface area contributed by atoms with Gasteiger partial charge in [-0.15, -0.1) is 0 Å². The Morgan fingerprint density at radius 3 is 1.51 bits per heavy atom. The Morgan fingerprint density at radius 2 is 1.05 bits per heavy atom. The van der Waals surface area contributed by atoms with Crippen LogP contribution in [0.1, 0.15) is 112 Å². The molecule has 0 heterocycles. The number of carbonyl (C=O) groups excluding carboxylic acids is 4. The normalized spacial score (nSPS) is 32.2. The summed E-state index contributed by atoms with van der Waals surface area (Å²) in [6.45, 7) is 19.7. The highest BCUT2D eigenvalue weighted by molar-refractivity contribution is 5.87. The van der Waals surface area contributed by atoms with E-state index in [9.17, 15) is 39.0 Å². The van der Waals surface area contributed by atoms with Gasteiger partial charge in [0.15, 0.2) is 12.2 Å². The smallest absolute Gasteiger partial charge is 0.335 e. The summed E-state index contributed by atoms with van der Waals surface area (Å²) >= 11 is 0. The van der Waals surface area contributed by atoms with E-state index in [2.05, 4.69) is 40.9 Å². The lowest BCUT2D eigenvalue weighted by Gasteiger charge is -2.58. The first-order valence-electron chi connectivity index (χ1n) is 21.0. The van der Waals surface area contributed by atoms with Crippen molar-refractivity contribution in [2.24, 2.45) is 57.2 Å². The van der Waals surface area contributed by atoms with Gasteiger partial charge in [0.2, 0.25) is 0 Å². The van der Waals surface area contributed by atoms with Crippen molar-refractivity contribution in [3.05, 3.63) is 24.3 Å². The van der Waals surface area contributed by atoms with E-state index >= 15 is 0 Å². The SMILES string of the molecule is C=C1CCC2[C@@](C)(COC(=O)C(CC(=O)O)C(OC[C@H]3C(=C)CCC4C(C)(C)CCC[C@@]43C)C(=O)OC)CCC[C@@]2(C)[C@@H]1COC(C(=O)OC)C(CC(=O)O)C(=O)OC. The molecule has 0 saturated heterocycles. The zero-order valence-electron chi connectivity index (χ0n) is 36.4. The maximum absolute atomic E-state index is 14.1. The number of carboxylic acids is 2. The van der Waals surface area contributed by atoms with Crippen molar-refractivity contribution in [3.8, 4) is 0 Å². The van der Waals surface area contributed by atoms with Gasteiger partial charge >= 0.3 is 35.8 Å². The quantitative estimate of drug-likeness (QED) is 0.0853. The maximum atomic E-state index is 14.1. The summed E-state index contributed by atoms with van der Waals surface area (Å²) in [6, 6.07) is 0. The molecule has 332 valence electrons. The lowest BCUT2D eigenvalue weighted by molar-refractivity contribution is -0.181. The lowest BCUT2D eigenvalue weighted by Crippen LogP contribution is -2.54. The Kier molecular flexibility index (Phi) is 15.7. The third-order valence-electron chi connectivity index (χ3n) is 15.1. The van der Waals surface area contributed by atoms with Crippen molar-refractivity contribution in [1.29, 1.82) is 0 Å². The molecule has 0 aromatic heterocycles. The maximum Gasteiger partial charge on any atom is 0.335 e. The summed E-state index contributed by atoms with van der Waals surface area (Å²) in [5, 5.41) is 19.5. The average molecular weight is 833 g/mol. The van der Waals surface area contributed by atoms with Crippen molar-refractivity contribution in [2.75, 3.05) is 41.2 Å². The fraction of sp³-hybridized carbons (Fsp3) is 0.778. The number of carbonyl (C=O) groups is 6. The molecule has 0 bridgehead atoms.